The fourth-order valence-corrected chi connectivity index (χ4v) is 1.38. The van der Waals surface area contributed by atoms with Crippen LogP contribution in [-0.2, 0) is 9.53 Å². The molecule has 0 saturated heterocycles. The van der Waals surface area contributed by atoms with Gasteiger partial charge in [0, 0.05) is 33.8 Å². The van der Waals surface area contributed by atoms with Gasteiger partial charge in [0.15, 0.2) is 5.96 Å². The Bertz CT molecular complexity index is 297. The van der Waals surface area contributed by atoms with E-state index in [2.05, 4.69) is 15.6 Å². The van der Waals surface area contributed by atoms with Crippen LogP contribution in [0.4, 0.5) is 0 Å². The Hall–Kier alpha value is -0.570. The minimum Gasteiger partial charge on any atom is -0.379 e. The Morgan fingerprint density at radius 1 is 1.24 bits per heavy atom. The van der Waals surface area contributed by atoms with Crippen molar-refractivity contribution in [1.82, 2.24) is 15.5 Å². The van der Waals surface area contributed by atoms with E-state index in [9.17, 15) is 4.79 Å². The summed E-state index contributed by atoms with van der Waals surface area (Å²) < 4.78 is 5.48. The zero-order valence-electron chi connectivity index (χ0n) is 13.9. The minimum absolute atomic E-state index is 0. The molecular formula is C14H31IN4O2. The first-order valence-electron chi connectivity index (χ1n) is 7.31. The third-order valence-corrected chi connectivity index (χ3v) is 2.53. The maximum Gasteiger partial charge on any atom is 0.243 e. The normalized spacial score (nSPS) is 11.0. The summed E-state index contributed by atoms with van der Waals surface area (Å²) >= 11 is 0. The second kappa shape index (κ2) is 14.4. The van der Waals surface area contributed by atoms with Crippen molar-refractivity contribution in [2.75, 3.05) is 40.3 Å². The number of ether oxygens (including phenoxy) is 1. The van der Waals surface area contributed by atoms with Gasteiger partial charge in [0.1, 0.15) is 6.54 Å². The number of hydrogen-bond donors (Lipinski definition) is 2. The summed E-state index contributed by atoms with van der Waals surface area (Å²) in [5.74, 6) is 0.681. The van der Waals surface area contributed by atoms with E-state index >= 15 is 0 Å². The molecule has 0 unspecified atom stereocenters. The lowest BCUT2D eigenvalue weighted by Gasteiger charge is -2.13. The van der Waals surface area contributed by atoms with E-state index in [0.717, 1.165) is 32.5 Å². The average molecular weight is 414 g/mol. The smallest absolute Gasteiger partial charge is 0.243 e. The van der Waals surface area contributed by atoms with Crippen LogP contribution in [0.2, 0.25) is 0 Å². The average Bonchev–Trinajstić information content (AvgIpc) is 2.38. The predicted molar refractivity (Wildman–Crippen MR) is 98.4 cm³/mol. The molecule has 1 amide bonds. The molecule has 0 spiro atoms. The standard InChI is InChI=1S/C14H30N4O2.HI/c1-6-15-14(17-11-13(19)18(4)5)16-9-7-8-10-20-12(2)3;/h12H,6-11H2,1-5H3,(H2,15,16,17);1H. The van der Waals surface area contributed by atoms with Crippen molar-refractivity contribution in [3.05, 3.63) is 0 Å². The number of carbonyl (C=O) groups excluding carboxylic acids is 1. The van der Waals surface area contributed by atoms with Crippen LogP contribution in [0.5, 0.6) is 0 Å². The first kappa shape index (κ1) is 22.7. The zero-order valence-corrected chi connectivity index (χ0v) is 16.3. The van der Waals surface area contributed by atoms with Crippen LogP contribution in [0.3, 0.4) is 0 Å². The van der Waals surface area contributed by atoms with Gasteiger partial charge in [-0.3, -0.25) is 4.79 Å². The summed E-state index contributed by atoms with van der Waals surface area (Å²) in [6.45, 7) is 8.63. The van der Waals surface area contributed by atoms with E-state index in [-0.39, 0.29) is 36.4 Å². The highest BCUT2D eigenvalue weighted by Crippen LogP contribution is 1.93. The Kier molecular flexibility index (Phi) is 15.5. The van der Waals surface area contributed by atoms with Crippen LogP contribution < -0.4 is 10.6 Å². The highest BCUT2D eigenvalue weighted by Gasteiger charge is 2.03. The van der Waals surface area contributed by atoms with Gasteiger partial charge in [0.25, 0.3) is 0 Å². The number of aliphatic imine (C=N–C) groups is 1. The molecule has 0 fully saturated rings. The zero-order chi connectivity index (χ0) is 15.4. The molecule has 0 aliphatic rings. The van der Waals surface area contributed by atoms with Crippen LogP contribution in [0.25, 0.3) is 0 Å². The first-order chi connectivity index (χ1) is 9.47. The number of guanidine groups is 1. The lowest BCUT2D eigenvalue weighted by Crippen LogP contribution is -2.38. The molecule has 0 heterocycles. The SMILES string of the molecule is CCNC(=NCC(=O)N(C)C)NCCCCOC(C)C.I. The van der Waals surface area contributed by atoms with Crippen LogP contribution in [0.15, 0.2) is 4.99 Å². The summed E-state index contributed by atoms with van der Waals surface area (Å²) in [5.41, 5.74) is 0. The van der Waals surface area contributed by atoms with Crippen LogP contribution in [0, 0.1) is 0 Å². The highest BCUT2D eigenvalue weighted by atomic mass is 127. The van der Waals surface area contributed by atoms with Gasteiger partial charge < -0.3 is 20.3 Å². The van der Waals surface area contributed by atoms with Gasteiger partial charge in [-0.1, -0.05) is 0 Å². The molecule has 6 nitrogen and oxygen atoms in total. The topological polar surface area (TPSA) is 66.0 Å². The van der Waals surface area contributed by atoms with Crippen molar-refractivity contribution in [3.8, 4) is 0 Å². The van der Waals surface area contributed by atoms with E-state index in [4.69, 9.17) is 4.74 Å². The molecule has 0 aromatic rings. The summed E-state index contributed by atoms with van der Waals surface area (Å²) in [7, 11) is 3.46. The molecule has 0 aliphatic heterocycles. The Morgan fingerprint density at radius 3 is 2.43 bits per heavy atom. The van der Waals surface area contributed by atoms with Crippen molar-refractivity contribution < 1.29 is 9.53 Å². The molecular weight excluding hydrogens is 383 g/mol. The van der Waals surface area contributed by atoms with Gasteiger partial charge in [-0.15, -0.1) is 24.0 Å². The van der Waals surface area contributed by atoms with E-state index < -0.39 is 0 Å². The summed E-state index contributed by atoms with van der Waals surface area (Å²) in [4.78, 5) is 17.3. The van der Waals surface area contributed by atoms with Crippen molar-refractivity contribution in [1.29, 1.82) is 0 Å². The van der Waals surface area contributed by atoms with Crippen molar-refractivity contribution in [3.63, 3.8) is 0 Å². The minimum atomic E-state index is -0.00691. The second-order valence-corrected chi connectivity index (χ2v) is 5.04. The molecule has 7 heteroatoms. The number of rotatable bonds is 9. The lowest BCUT2D eigenvalue weighted by atomic mass is 10.3. The molecule has 0 bridgehead atoms. The molecule has 0 aromatic carbocycles. The largest absolute Gasteiger partial charge is 0.379 e. The number of likely N-dealkylation sites (N-methyl/N-ethyl adjacent to an activating group) is 1. The quantitative estimate of drug-likeness (QED) is 0.260. The molecule has 21 heavy (non-hydrogen) atoms. The van der Waals surface area contributed by atoms with Gasteiger partial charge >= 0.3 is 0 Å². The van der Waals surface area contributed by atoms with Crippen molar-refractivity contribution >= 4 is 35.8 Å². The van der Waals surface area contributed by atoms with Crippen molar-refractivity contribution in [2.24, 2.45) is 4.99 Å². The number of amides is 1. The van der Waals surface area contributed by atoms with Gasteiger partial charge in [0.05, 0.1) is 6.10 Å². The number of hydrogen-bond acceptors (Lipinski definition) is 3. The number of unbranched alkanes of at least 4 members (excludes halogenated alkanes) is 1. The Morgan fingerprint density at radius 2 is 1.90 bits per heavy atom. The maximum absolute atomic E-state index is 11.5. The molecule has 0 saturated carbocycles. The summed E-state index contributed by atoms with van der Waals surface area (Å²) in [6.07, 6.45) is 2.32. The van der Waals surface area contributed by atoms with Crippen LogP contribution in [-0.4, -0.2) is 63.2 Å². The molecule has 2 N–H and O–H groups in total. The second-order valence-electron chi connectivity index (χ2n) is 5.04. The fraction of sp³-hybridized carbons (Fsp3) is 0.857. The number of carbonyl (C=O) groups is 1. The van der Waals surface area contributed by atoms with Crippen molar-refractivity contribution in [2.45, 2.75) is 39.7 Å². The third kappa shape index (κ3) is 14.1. The highest BCUT2D eigenvalue weighted by molar-refractivity contribution is 14.0. The van der Waals surface area contributed by atoms with Gasteiger partial charge in [-0.25, -0.2) is 4.99 Å². The van der Waals surface area contributed by atoms with E-state index in [0.29, 0.717) is 12.1 Å². The lowest BCUT2D eigenvalue weighted by molar-refractivity contribution is -0.127. The van der Waals surface area contributed by atoms with Gasteiger partial charge in [-0.2, -0.15) is 0 Å². The van der Waals surface area contributed by atoms with E-state index in [1.165, 1.54) is 4.90 Å². The van der Waals surface area contributed by atoms with Gasteiger partial charge in [0.2, 0.25) is 5.91 Å². The molecule has 0 radical (unpaired) electrons. The maximum atomic E-state index is 11.5. The van der Waals surface area contributed by atoms with E-state index in [1.807, 2.05) is 20.8 Å². The van der Waals surface area contributed by atoms with Crippen LogP contribution >= 0.6 is 24.0 Å². The third-order valence-electron chi connectivity index (χ3n) is 2.53. The molecule has 0 aliphatic carbocycles. The molecule has 126 valence electrons. The Balaban J connectivity index is 0. The number of halogens is 1. The molecule has 0 atom stereocenters. The Labute approximate surface area is 146 Å². The number of nitrogens with one attached hydrogen (secondary N) is 2. The van der Waals surface area contributed by atoms with Crippen LogP contribution in [0.1, 0.15) is 33.6 Å². The first-order valence-corrected chi connectivity index (χ1v) is 7.31. The van der Waals surface area contributed by atoms with Gasteiger partial charge in [-0.05, 0) is 33.6 Å². The molecule has 0 rings (SSSR count). The number of nitrogens with zero attached hydrogens (tertiary/aromatic N) is 2. The monoisotopic (exact) mass is 414 g/mol. The van der Waals surface area contributed by atoms with E-state index in [1.54, 1.807) is 14.1 Å². The summed E-state index contributed by atoms with van der Waals surface area (Å²) in [6, 6.07) is 0. The molecule has 0 aromatic heterocycles. The fourth-order valence-electron chi connectivity index (χ4n) is 1.38. The predicted octanol–water partition coefficient (Wildman–Crippen LogP) is 1.45. The summed E-state index contributed by atoms with van der Waals surface area (Å²) in [5, 5.41) is 6.34.